The van der Waals surface area contributed by atoms with Crippen LogP contribution in [-0.4, -0.2) is 84.6 Å². The molecule has 4 aliphatic rings. The number of nitrogens with one attached hydrogen (secondary N) is 1. The van der Waals surface area contributed by atoms with Gasteiger partial charge in [0.05, 0.1) is 6.04 Å². The van der Waals surface area contributed by atoms with Gasteiger partial charge in [-0.1, -0.05) is 0 Å². The van der Waals surface area contributed by atoms with E-state index in [1.54, 1.807) is 0 Å². The van der Waals surface area contributed by atoms with Gasteiger partial charge in [0, 0.05) is 25.7 Å². The molecular weight excluding hydrogens is 375 g/mol. The van der Waals surface area contributed by atoms with Crippen LogP contribution in [0, 0.1) is 5.41 Å². The van der Waals surface area contributed by atoms with Crippen LogP contribution in [0.2, 0.25) is 0 Å². The molecule has 0 radical (unpaired) electrons. The van der Waals surface area contributed by atoms with Crippen LogP contribution in [0.15, 0.2) is 0 Å². The summed E-state index contributed by atoms with van der Waals surface area (Å²) >= 11 is 0. The van der Waals surface area contributed by atoms with E-state index in [9.17, 15) is 22.6 Å². The third kappa shape index (κ3) is 3.62. The molecule has 3 heterocycles. The predicted molar refractivity (Wildman–Crippen MR) is 82.6 cm³/mol. The number of amides is 3. The monoisotopic (exact) mass is 396 g/mol. The predicted octanol–water partition coefficient (Wildman–Crippen LogP) is -4.14. The van der Waals surface area contributed by atoms with Crippen molar-refractivity contribution in [3.8, 4) is 0 Å². The molecule has 26 heavy (non-hydrogen) atoms. The number of carbonyl (C=O) groups is 2. The zero-order chi connectivity index (χ0) is 18.0. The quantitative estimate of drug-likeness (QED) is 0.291. The average molecular weight is 396 g/mol. The summed E-state index contributed by atoms with van der Waals surface area (Å²) in [4.78, 5) is 28.4. The van der Waals surface area contributed by atoms with Crippen molar-refractivity contribution in [1.82, 2.24) is 20.2 Å². The summed E-state index contributed by atoms with van der Waals surface area (Å²) in [6, 6.07) is -1.77. The Labute approximate surface area is 174 Å². The number of hydrogen-bond acceptors (Lipinski definition) is 7. The van der Waals surface area contributed by atoms with Crippen LogP contribution >= 0.6 is 0 Å². The molecule has 4 fully saturated rings. The Bertz CT molecular complexity index is 704. The van der Waals surface area contributed by atoms with E-state index in [4.69, 9.17) is 0 Å². The minimum atomic E-state index is -5.02. The van der Waals surface area contributed by atoms with Crippen LogP contribution in [0.5, 0.6) is 0 Å². The van der Waals surface area contributed by atoms with E-state index in [2.05, 4.69) is 21.5 Å². The third-order valence-electron chi connectivity index (χ3n) is 5.71. The third-order valence-corrected chi connectivity index (χ3v) is 6.06. The average Bonchev–Trinajstić information content (AvgIpc) is 2.67. The molecule has 4 rings (SSSR count). The minimum Gasteiger partial charge on any atom is -0.724 e. The molecule has 2 atom stereocenters. The van der Waals surface area contributed by atoms with E-state index in [1.165, 1.54) is 4.90 Å². The topological polar surface area (TPSA) is 122 Å². The minimum absolute atomic E-state index is 0. The van der Waals surface area contributed by atoms with Crippen molar-refractivity contribution in [2.45, 2.75) is 43.8 Å². The molecule has 1 N–H and O–H groups in total. The van der Waals surface area contributed by atoms with E-state index in [0.717, 1.165) is 25.9 Å². The maximum atomic E-state index is 12.6. The first-order valence-corrected chi connectivity index (χ1v) is 9.73. The summed E-state index contributed by atoms with van der Waals surface area (Å²) < 4.78 is 36.6. The number of hydrogen-bond donors (Lipinski definition) is 1. The van der Waals surface area contributed by atoms with Crippen molar-refractivity contribution in [3.05, 3.63) is 0 Å². The van der Waals surface area contributed by atoms with Crippen LogP contribution in [-0.2, 0) is 19.5 Å². The first-order chi connectivity index (χ1) is 11.7. The van der Waals surface area contributed by atoms with Crippen LogP contribution in [0.4, 0.5) is 4.79 Å². The van der Waals surface area contributed by atoms with Gasteiger partial charge < -0.3 is 19.7 Å². The van der Waals surface area contributed by atoms with Crippen LogP contribution in [0.25, 0.3) is 0 Å². The van der Waals surface area contributed by atoms with Gasteiger partial charge in [-0.05, 0) is 38.1 Å². The molecule has 3 saturated heterocycles. The maximum absolute atomic E-state index is 12.6. The number of piperidine rings is 1. The second kappa shape index (κ2) is 6.87. The van der Waals surface area contributed by atoms with Gasteiger partial charge in [-0.25, -0.2) is 13.2 Å². The van der Waals surface area contributed by atoms with Gasteiger partial charge in [-0.15, -0.1) is 0 Å². The molecule has 3 amide bonds. The van der Waals surface area contributed by atoms with Crippen molar-refractivity contribution in [2.24, 2.45) is 5.41 Å². The molecule has 1 aliphatic carbocycles. The molecule has 1 spiro atoms. The number of hydroxylamine groups is 2. The number of likely N-dealkylation sites (tertiary alicyclic amines) is 1. The molecule has 140 valence electrons. The Kier molecular flexibility index (Phi) is 5.37. The summed E-state index contributed by atoms with van der Waals surface area (Å²) in [5, 5.41) is 3.60. The molecule has 0 aromatic rings. The fraction of sp³-hybridized carbons (Fsp3) is 0.857. The largest absolute Gasteiger partial charge is 1.00 e. The summed E-state index contributed by atoms with van der Waals surface area (Å²) in [6.45, 7) is 2.31. The fourth-order valence-electron chi connectivity index (χ4n) is 4.84. The maximum Gasteiger partial charge on any atom is 1.00 e. The van der Waals surface area contributed by atoms with Crippen LogP contribution < -0.4 is 34.9 Å². The first kappa shape index (κ1) is 20.3. The van der Waals surface area contributed by atoms with Crippen molar-refractivity contribution in [2.75, 3.05) is 26.7 Å². The second-order valence-corrected chi connectivity index (χ2v) is 8.74. The summed E-state index contributed by atoms with van der Waals surface area (Å²) in [5.41, 5.74) is 0.348. The Morgan fingerprint density at radius 3 is 2.54 bits per heavy atom. The van der Waals surface area contributed by atoms with Crippen molar-refractivity contribution in [1.29, 1.82) is 0 Å². The van der Waals surface area contributed by atoms with Gasteiger partial charge in [-0.3, -0.25) is 4.79 Å². The Balaban J connectivity index is 0.00000196. The standard InChI is InChI=1S/C14H22N4O6S.Na/c1-16-7-14(8-16)4-9(5-14)15-12(19)11-3-2-10-6-17(11)13(20)18(10)24-25(21,22)23;/h9-11H,2-8H2,1H3,(H,15,19)(H,21,22,23);/q;+1/p-1/t10-,11+;/m1./s1. The van der Waals surface area contributed by atoms with Gasteiger partial charge in [0.1, 0.15) is 6.04 Å². The molecule has 0 aromatic carbocycles. The van der Waals surface area contributed by atoms with Gasteiger partial charge in [0.25, 0.3) is 0 Å². The zero-order valence-corrected chi connectivity index (χ0v) is 17.7. The second-order valence-electron chi connectivity index (χ2n) is 7.78. The van der Waals surface area contributed by atoms with Crippen molar-refractivity contribution < 1.29 is 56.4 Å². The van der Waals surface area contributed by atoms with E-state index in [-0.39, 0.29) is 48.1 Å². The number of fused-ring (bicyclic) bond motifs is 2. The van der Waals surface area contributed by atoms with E-state index in [0.29, 0.717) is 23.3 Å². The SMILES string of the molecule is CN1CC2(CC(NC(=O)[C@@H]3CC[C@@H]4CN3C(=O)N4OS(=O)(=O)[O-])C2)C1.[Na+]. The number of carbonyl (C=O) groups excluding carboxylic acids is 2. The van der Waals surface area contributed by atoms with E-state index >= 15 is 0 Å². The van der Waals surface area contributed by atoms with Gasteiger partial charge in [0.15, 0.2) is 0 Å². The van der Waals surface area contributed by atoms with Gasteiger partial charge in [-0.2, -0.15) is 9.35 Å². The molecule has 0 unspecified atom stereocenters. The Hall–Kier alpha value is -0.430. The fourth-order valence-corrected chi connectivity index (χ4v) is 5.23. The van der Waals surface area contributed by atoms with E-state index < -0.39 is 28.5 Å². The van der Waals surface area contributed by atoms with Crippen molar-refractivity contribution >= 4 is 22.3 Å². The van der Waals surface area contributed by atoms with Crippen LogP contribution in [0.3, 0.4) is 0 Å². The van der Waals surface area contributed by atoms with Crippen LogP contribution in [0.1, 0.15) is 25.7 Å². The normalized spacial score (nSPS) is 30.6. The summed E-state index contributed by atoms with van der Waals surface area (Å²) in [5.74, 6) is -0.217. The summed E-state index contributed by atoms with van der Waals surface area (Å²) in [7, 11) is -2.95. The van der Waals surface area contributed by atoms with E-state index in [1.807, 2.05) is 0 Å². The smallest absolute Gasteiger partial charge is 0.724 e. The number of rotatable bonds is 4. The molecule has 12 heteroatoms. The molecule has 10 nitrogen and oxygen atoms in total. The number of nitrogens with zero attached hydrogens (tertiary/aromatic N) is 3. The molecular formula is C14H21N4NaO6S. The molecule has 3 aliphatic heterocycles. The summed E-state index contributed by atoms with van der Waals surface area (Å²) in [6.07, 6.45) is 2.74. The Morgan fingerprint density at radius 2 is 1.96 bits per heavy atom. The van der Waals surface area contributed by atoms with Crippen molar-refractivity contribution in [3.63, 3.8) is 0 Å². The molecule has 0 aromatic heterocycles. The molecule has 1 saturated carbocycles. The van der Waals surface area contributed by atoms with Gasteiger partial charge in [0.2, 0.25) is 16.3 Å². The first-order valence-electron chi connectivity index (χ1n) is 8.40. The Morgan fingerprint density at radius 1 is 1.31 bits per heavy atom. The number of urea groups is 1. The van der Waals surface area contributed by atoms with Gasteiger partial charge >= 0.3 is 35.6 Å². The zero-order valence-electron chi connectivity index (χ0n) is 14.9. The molecule has 2 bridgehead atoms.